The van der Waals surface area contributed by atoms with E-state index in [1.165, 1.54) is 35.1 Å². The minimum atomic E-state index is -0.898. The van der Waals surface area contributed by atoms with E-state index in [2.05, 4.69) is 52.2 Å². The number of hydrogen-bond acceptors (Lipinski definition) is 11. The van der Waals surface area contributed by atoms with E-state index in [9.17, 15) is 14.4 Å². The van der Waals surface area contributed by atoms with E-state index in [1.54, 1.807) is 27.0 Å². The van der Waals surface area contributed by atoms with Crippen LogP contribution in [0.1, 0.15) is 55.2 Å². The van der Waals surface area contributed by atoms with Crippen LogP contribution in [0.3, 0.4) is 0 Å². The van der Waals surface area contributed by atoms with E-state index < -0.39 is 40.3 Å². The number of anilines is 1. The van der Waals surface area contributed by atoms with Gasteiger partial charge in [-0.1, -0.05) is 107 Å². The van der Waals surface area contributed by atoms with E-state index >= 15 is 0 Å². The fourth-order valence-electron chi connectivity index (χ4n) is 6.94. The van der Waals surface area contributed by atoms with Gasteiger partial charge in [-0.3, -0.25) is 14.5 Å². The molecule has 3 aromatic carbocycles. The summed E-state index contributed by atoms with van der Waals surface area (Å²) >= 11 is 2.72. The molecule has 53 heavy (non-hydrogen) atoms. The minimum Gasteiger partial charge on any atom is -0.455 e. The van der Waals surface area contributed by atoms with Crippen molar-refractivity contribution in [1.29, 1.82) is 0 Å². The van der Waals surface area contributed by atoms with Crippen molar-refractivity contribution in [3.05, 3.63) is 130 Å². The molecule has 3 aliphatic rings. The average Bonchev–Trinajstić information content (AvgIpc) is 3.88. The second kappa shape index (κ2) is 15.2. The lowest BCUT2D eigenvalue weighted by atomic mass is 9.77. The maximum absolute atomic E-state index is 13.9. The quantitative estimate of drug-likeness (QED) is 0.0617. The maximum atomic E-state index is 13.9. The number of nitrogens with one attached hydrogen (secondary N) is 2. The van der Waals surface area contributed by atoms with Crippen LogP contribution in [0.5, 0.6) is 0 Å². The van der Waals surface area contributed by atoms with Gasteiger partial charge >= 0.3 is 5.97 Å². The van der Waals surface area contributed by atoms with E-state index in [0.29, 0.717) is 22.4 Å². The molecule has 2 saturated heterocycles. The summed E-state index contributed by atoms with van der Waals surface area (Å²) in [6.45, 7) is 5.96. The number of ether oxygens (including phenoxy) is 2. The number of β-lactam (4-membered cyclic amide) rings is 1. The Balaban J connectivity index is 1.15. The van der Waals surface area contributed by atoms with Crippen LogP contribution in [0, 0.1) is 0 Å². The number of amides is 2. The van der Waals surface area contributed by atoms with Crippen molar-refractivity contribution in [2.75, 3.05) is 24.8 Å². The number of thiazole rings is 1. The van der Waals surface area contributed by atoms with Gasteiger partial charge in [-0.2, -0.15) is 0 Å². The van der Waals surface area contributed by atoms with Gasteiger partial charge in [0.15, 0.2) is 10.8 Å². The van der Waals surface area contributed by atoms with Crippen molar-refractivity contribution < 1.29 is 28.7 Å². The number of aromatic nitrogens is 1. The molecule has 4 aromatic rings. The van der Waals surface area contributed by atoms with Crippen molar-refractivity contribution in [1.82, 2.24) is 15.2 Å². The van der Waals surface area contributed by atoms with Crippen LogP contribution in [0.15, 0.2) is 114 Å². The number of carbonyl (C=O) groups excluding carboxylic acids is 3. The van der Waals surface area contributed by atoms with E-state index in [-0.39, 0.29) is 17.5 Å². The molecule has 11 nitrogen and oxygen atoms in total. The Kier molecular flexibility index (Phi) is 10.4. The second-order valence-electron chi connectivity index (χ2n) is 13.9. The summed E-state index contributed by atoms with van der Waals surface area (Å²) < 4.78 is 11.7. The van der Waals surface area contributed by atoms with E-state index in [0.717, 1.165) is 35.1 Å². The highest BCUT2D eigenvalue weighted by molar-refractivity contribution is 8.00. The molecule has 2 N–H and O–H groups in total. The first kappa shape index (κ1) is 36.4. The Labute approximate surface area is 316 Å². The summed E-state index contributed by atoms with van der Waals surface area (Å²) in [6, 6.07) is 29.5. The molecule has 2 fully saturated rings. The first-order valence-corrected chi connectivity index (χ1v) is 19.3. The first-order chi connectivity index (χ1) is 25.6. The number of carbonyl (C=O) groups is 3. The van der Waals surface area contributed by atoms with Crippen molar-refractivity contribution in [3.63, 3.8) is 0 Å². The molecule has 0 radical (unpaired) electrons. The Morgan fingerprint density at radius 2 is 1.55 bits per heavy atom. The lowest BCUT2D eigenvalue weighted by molar-refractivity contribution is -0.159. The number of esters is 1. The Morgan fingerprint density at radius 1 is 0.943 bits per heavy atom. The SMILES string of the molecule is CO/N=C(/C(=O)N[C@@H]1C(=O)N2C(C(=O)OC(C)(C)C)=C([C@H]3CCCO3)CS[C@H]12)c1cnc(NC(c2ccccc2)(c2ccccc2)c2ccccc2)s1. The van der Waals surface area contributed by atoms with Crippen LogP contribution in [-0.2, 0) is 34.2 Å². The van der Waals surface area contributed by atoms with Crippen molar-refractivity contribution in [2.24, 2.45) is 5.16 Å². The third-order valence-corrected chi connectivity index (χ3v) is 11.5. The zero-order valence-corrected chi connectivity index (χ0v) is 31.5. The van der Waals surface area contributed by atoms with E-state index in [1.807, 2.05) is 54.6 Å². The normalized spacial score (nSPS) is 20.4. The Bertz CT molecular complexity index is 1930. The van der Waals surface area contributed by atoms with Crippen LogP contribution in [0.4, 0.5) is 5.13 Å². The molecule has 0 spiro atoms. The van der Waals surface area contributed by atoms with Gasteiger partial charge in [-0.05, 0) is 55.9 Å². The Hall–Kier alpha value is -4.98. The van der Waals surface area contributed by atoms with Gasteiger partial charge in [-0.15, -0.1) is 11.8 Å². The van der Waals surface area contributed by atoms with Gasteiger partial charge in [0.25, 0.3) is 11.8 Å². The monoisotopic (exact) mass is 751 g/mol. The van der Waals surface area contributed by atoms with E-state index in [4.69, 9.17) is 19.3 Å². The molecule has 7 rings (SSSR count). The largest absolute Gasteiger partial charge is 0.455 e. The molecule has 4 heterocycles. The maximum Gasteiger partial charge on any atom is 0.355 e. The molecule has 274 valence electrons. The fourth-order valence-corrected chi connectivity index (χ4v) is 9.20. The third-order valence-electron chi connectivity index (χ3n) is 9.25. The molecular formula is C40H41N5O6S2. The van der Waals surface area contributed by atoms with Crippen LogP contribution in [0.2, 0.25) is 0 Å². The topological polar surface area (TPSA) is 131 Å². The fraction of sp³-hybridized carbons (Fsp3) is 0.325. The summed E-state index contributed by atoms with van der Waals surface area (Å²) in [5.41, 5.74) is 2.34. The zero-order chi connectivity index (χ0) is 37.2. The van der Waals surface area contributed by atoms with Gasteiger partial charge < -0.3 is 24.9 Å². The van der Waals surface area contributed by atoms with Crippen LogP contribution in [-0.4, -0.2) is 76.0 Å². The van der Waals surface area contributed by atoms with Crippen LogP contribution in [0.25, 0.3) is 0 Å². The Morgan fingerprint density at radius 3 is 2.08 bits per heavy atom. The highest BCUT2D eigenvalue weighted by Gasteiger charge is 2.56. The van der Waals surface area contributed by atoms with Gasteiger partial charge in [0.05, 0.1) is 11.0 Å². The number of benzene rings is 3. The average molecular weight is 752 g/mol. The van der Waals surface area contributed by atoms with Gasteiger partial charge in [-0.25, -0.2) is 9.78 Å². The molecule has 0 saturated carbocycles. The molecule has 3 atom stereocenters. The molecule has 2 amide bonds. The van der Waals surface area contributed by atoms with Crippen LogP contribution < -0.4 is 10.6 Å². The van der Waals surface area contributed by atoms with Gasteiger partial charge in [0, 0.05) is 18.6 Å². The zero-order valence-electron chi connectivity index (χ0n) is 29.9. The van der Waals surface area contributed by atoms with Gasteiger partial charge in [0.1, 0.15) is 35.4 Å². The molecule has 1 aromatic heterocycles. The standard InChI is InChI=1S/C40H41N5O6S2/c1-39(2,3)51-37(48)33-28(29-21-14-22-50-29)24-52-36-32(35(47)45(33)36)42-34(46)31(44-49-4)30-23-41-38(53-30)43-40(25-15-8-5-9-16-25,26-17-10-6-11-18-26)27-19-12-7-13-20-27/h5-13,15-20,23,29,32,36H,14,21-22,24H2,1-4H3,(H,41,43)(H,42,46)/b44-31+/t29-,32-,36-/m1/s1. The summed E-state index contributed by atoms with van der Waals surface area (Å²) in [6.07, 6.45) is 2.95. The number of hydrogen-bond donors (Lipinski definition) is 2. The smallest absolute Gasteiger partial charge is 0.355 e. The number of fused-ring (bicyclic) bond motifs is 1. The summed E-state index contributed by atoms with van der Waals surface area (Å²) in [7, 11) is 1.36. The summed E-state index contributed by atoms with van der Waals surface area (Å²) in [4.78, 5) is 52.9. The molecule has 3 aliphatic heterocycles. The lowest BCUT2D eigenvalue weighted by Gasteiger charge is -2.50. The van der Waals surface area contributed by atoms with Gasteiger partial charge in [0.2, 0.25) is 0 Å². The summed E-state index contributed by atoms with van der Waals surface area (Å²) in [5.74, 6) is -1.12. The van der Waals surface area contributed by atoms with Crippen LogP contribution >= 0.6 is 23.1 Å². The number of oxime groups is 1. The molecular weight excluding hydrogens is 711 g/mol. The predicted octanol–water partition coefficient (Wildman–Crippen LogP) is 6.07. The summed E-state index contributed by atoms with van der Waals surface area (Å²) in [5, 5.41) is 10.7. The minimum absolute atomic E-state index is 0.0298. The van der Waals surface area contributed by atoms with Crippen molar-refractivity contribution in [3.8, 4) is 0 Å². The second-order valence-corrected chi connectivity index (χ2v) is 16.0. The first-order valence-electron chi connectivity index (χ1n) is 17.5. The molecule has 0 bridgehead atoms. The molecule has 13 heteroatoms. The molecule has 0 unspecified atom stereocenters. The highest BCUT2D eigenvalue weighted by Crippen LogP contribution is 2.44. The number of nitrogens with zero attached hydrogens (tertiary/aromatic N) is 3. The number of rotatable bonds is 11. The third kappa shape index (κ3) is 7.20. The molecule has 0 aliphatic carbocycles. The predicted molar refractivity (Wildman–Crippen MR) is 205 cm³/mol. The highest BCUT2D eigenvalue weighted by atomic mass is 32.2. The lowest BCUT2D eigenvalue weighted by Crippen LogP contribution is -2.71. The van der Waals surface area contributed by atoms with Crippen molar-refractivity contribution in [2.45, 2.75) is 62.3 Å². The van der Waals surface area contributed by atoms with Crippen molar-refractivity contribution >= 4 is 51.7 Å². The number of thioether (sulfide) groups is 1.